The molecular formula is C18H22N8O. The highest BCUT2D eigenvalue weighted by molar-refractivity contribution is 5.87. The molecule has 1 saturated heterocycles. The van der Waals surface area contributed by atoms with Gasteiger partial charge in [0, 0.05) is 38.0 Å². The van der Waals surface area contributed by atoms with Crippen LogP contribution in [-0.4, -0.2) is 66.6 Å². The van der Waals surface area contributed by atoms with Gasteiger partial charge >= 0.3 is 0 Å². The first kappa shape index (κ1) is 17.3. The molecule has 2 N–H and O–H groups in total. The molecule has 3 heterocycles. The lowest BCUT2D eigenvalue weighted by atomic mass is 10.2. The lowest BCUT2D eigenvalue weighted by Crippen LogP contribution is -2.48. The van der Waals surface area contributed by atoms with Gasteiger partial charge in [-0.05, 0) is 12.1 Å². The van der Waals surface area contributed by atoms with Crippen LogP contribution in [0.15, 0.2) is 36.9 Å². The van der Waals surface area contributed by atoms with Crippen LogP contribution in [0, 0.1) is 0 Å². The predicted molar refractivity (Wildman–Crippen MR) is 100 cm³/mol. The average Bonchev–Trinajstić information content (AvgIpc) is 3.20. The molecule has 3 aromatic rings. The van der Waals surface area contributed by atoms with Crippen LogP contribution in [0.1, 0.15) is 12.2 Å². The number of rotatable bonds is 5. The monoisotopic (exact) mass is 366 g/mol. The number of hydrogen-bond donors (Lipinski definition) is 1. The number of carbonyl (C=O) groups excluding carboxylic acids is 1. The Balaban J connectivity index is 1.31. The van der Waals surface area contributed by atoms with Gasteiger partial charge in [-0.25, -0.2) is 15.0 Å². The van der Waals surface area contributed by atoms with Gasteiger partial charge in [-0.3, -0.25) is 14.4 Å². The van der Waals surface area contributed by atoms with Crippen molar-refractivity contribution in [2.75, 3.05) is 31.9 Å². The number of hydrogen-bond acceptors (Lipinski definition) is 7. The van der Waals surface area contributed by atoms with Crippen LogP contribution in [0.5, 0.6) is 0 Å². The summed E-state index contributed by atoms with van der Waals surface area (Å²) in [7, 11) is 0. The Morgan fingerprint density at radius 1 is 1.11 bits per heavy atom. The second-order valence-corrected chi connectivity index (χ2v) is 6.61. The fourth-order valence-corrected chi connectivity index (χ4v) is 3.29. The zero-order chi connectivity index (χ0) is 18.6. The molecule has 0 bridgehead atoms. The normalized spacial score (nSPS) is 15.3. The predicted octanol–water partition coefficient (Wildman–Crippen LogP) is 0.538. The molecule has 0 atom stereocenters. The summed E-state index contributed by atoms with van der Waals surface area (Å²) >= 11 is 0. The summed E-state index contributed by atoms with van der Waals surface area (Å²) in [5.41, 5.74) is 6.93. The first-order valence-corrected chi connectivity index (χ1v) is 9.03. The van der Waals surface area contributed by atoms with E-state index < -0.39 is 0 Å². The Bertz CT molecular complexity index is 918. The minimum atomic E-state index is 0.149. The molecule has 1 amide bonds. The molecule has 0 saturated carbocycles. The fraction of sp³-hybridized carbons (Fsp3) is 0.389. The first-order valence-electron chi connectivity index (χ1n) is 9.03. The largest absolute Gasteiger partial charge is 0.383 e. The van der Waals surface area contributed by atoms with Crippen molar-refractivity contribution in [3.63, 3.8) is 0 Å². The molecule has 9 heteroatoms. The number of anilines is 1. The van der Waals surface area contributed by atoms with Crippen molar-refractivity contribution in [2.45, 2.75) is 19.5 Å². The highest BCUT2D eigenvalue weighted by atomic mass is 16.2. The number of piperazine rings is 1. The Morgan fingerprint density at radius 3 is 2.70 bits per heavy atom. The highest BCUT2D eigenvalue weighted by Gasteiger charge is 2.21. The number of fused-ring (bicyclic) bond motifs is 1. The summed E-state index contributed by atoms with van der Waals surface area (Å²) in [5.74, 6) is 1.38. The van der Waals surface area contributed by atoms with Crippen molar-refractivity contribution in [3.8, 4) is 0 Å². The van der Waals surface area contributed by atoms with Crippen molar-refractivity contribution >= 4 is 22.6 Å². The minimum Gasteiger partial charge on any atom is -0.383 e. The van der Waals surface area contributed by atoms with Crippen LogP contribution in [-0.2, 0) is 17.9 Å². The molecule has 1 fully saturated rings. The Hall–Kier alpha value is -3.07. The molecular weight excluding hydrogens is 344 g/mol. The summed E-state index contributed by atoms with van der Waals surface area (Å²) in [6.45, 7) is 4.20. The summed E-state index contributed by atoms with van der Waals surface area (Å²) < 4.78 is 1.68. The number of para-hydroxylation sites is 1. The van der Waals surface area contributed by atoms with Crippen LogP contribution >= 0.6 is 0 Å². The summed E-state index contributed by atoms with van der Waals surface area (Å²) in [5, 5.41) is 4.90. The number of carbonyl (C=O) groups is 1. The molecule has 1 aliphatic heterocycles. The van der Waals surface area contributed by atoms with Crippen molar-refractivity contribution in [3.05, 3.63) is 42.7 Å². The van der Waals surface area contributed by atoms with Crippen molar-refractivity contribution < 1.29 is 4.79 Å². The SMILES string of the molecule is Nc1nc(CN2CCN(C(=O)CCn3cncn3)CC2)nc2ccccc12. The second-order valence-electron chi connectivity index (χ2n) is 6.61. The van der Waals surface area contributed by atoms with Crippen LogP contribution in [0.4, 0.5) is 5.82 Å². The van der Waals surface area contributed by atoms with E-state index in [1.165, 1.54) is 6.33 Å². The van der Waals surface area contributed by atoms with Gasteiger partial charge in [0.2, 0.25) is 5.91 Å². The maximum Gasteiger partial charge on any atom is 0.224 e. The maximum atomic E-state index is 12.4. The molecule has 1 aromatic carbocycles. The van der Waals surface area contributed by atoms with Gasteiger partial charge in [0.05, 0.1) is 18.6 Å². The van der Waals surface area contributed by atoms with Gasteiger partial charge in [-0.1, -0.05) is 12.1 Å². The van der Waals surface area contributed by atoms with Gasteiger partial charge in [0.1, 0.15) is 24.3 Å². The lowest BCUT2D eigenvalue weighted by molar-refractivity contribution is -0.133. The van der Waals surface area contributed by atoms with Gasteiger partial charge < -0.3 is 10.6 Å². The van der Waals surface area contributed by atoms with E-state index in [9.17, 15) is 4.79 Å². The van der Waals surface area contributed by atoms with E-state index in [1.54, 1.807) is 11.0 Å². The molecule has 2 aromatic heterocycles. The number of nitrogen functional groups attached to an aromatic ring is 1. The Kier molecular flexibility index (Phi) is 4.93. The van der Waals surface area contributed by atoms with Crippen molar-refractivity contribution in [1.29, 1.82) is 0 Å². The quantitative estimate of drug-likeness (QED) is 0.702. The van der Waals surface area contributed by atoms with Crippen LogP contribution in [0.25, 0.3) is 10.9 Å². The molecule has 0 aliphatic carbocycles. The molecule has 0 spiro atoms. The van der Waals surface area contributed by atoms with Crippen LogP contribution in [0.3, 0.4) is 0 Å². The molecule has 0 radical (unpaired) electrons. The summed E-state index contributed by atoms with van der Waals surface area (Å²) in [6.07, 6.45) is 3.54. The van der Waals surface area contributed by atoms with Gasteiger partial charge in [-0.15, -0.1) is 0 Å². The van der Waals surface area contributed by atoms with E-state index >= 15 is 0 Å². The molecule has 140 valence electrons. The van der Waals surface area contributed by atoms with E-state index in [2.05, 4.69) is 25.0 Å². The van der Waals surface area contributed by atoms with Gasteiger partial charge in [0.15, 0.2) is 0 Å². The second kappa shape index (κ2) is 7.67. The number of nitrogens with two attached hydrogens (primary N) is 1. The third-order valence-corrected chi connectivity index (χ3v) is 4.79. The third kappa shape index (κ3) is 4.03. The number of nitrogens with zero attached hydrogens (tertiary/aromatic N) is 7. The standard InChI is InChI=1S/C18H22N8O/c19-18-14-3-1-2-4-15(14)22-16(23-18)11-24-7-9-25(10-8-24)17(27)5-6-26-13-20-12-21-26/h1-4,12-13H,5-11H2,(H2,19,22,23). The van der Waals surface area contributed by atoms with E-state index in [1.807, 2.05) is 29.2 Å². The fourth-order valence-electron chi connectivity index (χ4n) is 3.29. The van der Waals surface area contributed by atoms with E-state index in [-0.39, 0.29) is 5.91 Å². The molecule has 27 heavy (non-hydrogen) atoms. The number of aryl methyl sites for hydroxylation is 1. The number of amides is 1. The maximum absolute atomic E-state index is 12.4. The van der Waals surface area contributed by atoms with Crippen LogP contribution in [0.2, 0.25) is 0 Å². The number of benzene rings is 1. The zero-order valence-electron chi connectivity index (χ0n) is 15.0. The minimum absolute atomic E-state index is 0.149. The first-order chi connectivity index (χ1) is 13.2. The van der Waals surface area contributed by atoms with E-state index in [0.717, 1.165) is 29.8 Å². The van der Waals surface area contributed by atoms with Crippen molar-refractivity contribution in [2.24, 2.45) is 0 Å². The Morgan fingerprint density at radius 2 is 1.93 bits per heavy atom. The summed E-state index contributed by atoms with van der Waals surface area (Å²) in [4.78, 5) is 29.5. The molecule has 4 rings (SSSR count). The third-order valence-electron chi connectivity index (χ3n) is 4.79. The summed E-state index contributed by atoms with van der Waals surface area (Å²) in [6, 6.07) is 7.75. The number of aromatic nitrogens is 5. The van der Waals surface area contributed by atoms with E-state index in [0.29, 0.717) is 38.4 Å². The lowest BCUT2D eigenvalue weighted by Gasteiger charge is -2.34. The highest BCUT2D eigenvalue weighted by Crippen LogP contribution is 2.18. The average molecular weight is 366 g/mol. The smallest absolute Gasteiger partial charge is 0.224 e. The molecule has 0 unspecified atom stereocenters. The van der Waals surface area contributed by atoms with Gasteiger partial charge in [0.25, 0.3) is 0 Å². The molecule has 9 nitrogen and oxygen atoms in total. The van der Waals surface area contributed by atoms with Gasteiger partial charge in [-0.2, -0.15) is 5.10 Å². The zero-order valence-corrected chi connectivity index (χ0v) is 15.0. The topological polar surface area (TPSA) is 106 Å². The Labute approximate surface area is 156 Å². The van der Waals surface area contributed by atoms with Crippen LogP contribution < -0.4 is 5.73 Å². The van der Waals surface area contributed by atoms with Crippen molar-refractivity contribution in [1.82, 2.24) is 34.5 Å². The molecule has 1 aliphatic rings. The van der Waals surface area contributed by atoms with E-state index in [4.69, 9.17) is 5.73 Å².